The molecule has 164 valence electrons. The fourth-order valence-corrected chi connectivity index (χ4v) is 4.19. The molecule has 7 nitrogen and oxygen atoms in total. The van der Waals surface area contributed by atoms with E-state index in [2.05, 4.69) is 10.3 Å². The predicted octanol–water partition coefficient (Wildman–Crippen LogP) is 3.20. The zero-order valence-electron chi connectivity index (χ0n) is 17.8. The Morgan fingerprint density at radius 1 is 1.03 bits per heavy atom. The highest BCUT2D eigenvalue weighted by molar-refractivity contribution is 5.81. The van der Waals surface area contributed by atoms with Gasteiger partial charge in [-0.3, -0.25) is 9.78 Å². The number of hydrogen-bond donors (Lipinski definition) is 1. The molecule has 3 amide bonds. The van der Waals surface area contributed by atoms with Crippen LogP contribution in [-0.4, -0.2) is 52.9 Å². The highest BCUT2D eigenvalue weighted by Crippen LogP contribution is 2.20. The summed E-state index contributed by atoms with van der Waals surface area (Å²) in [5.41, 5.74) is 1.85. The first-order chi connectivity index (χ1) is 15.2. The Hall–Kier alpha value is -3.09. The molecule has 1 unspecified atom stereocenters. The van der Waals surface area contributed by atoms with E-state index >= 15 is 0 Å². The van der Waals surface area contributed by atoms with Crippen molar-refractivity contribution in [2.24, 2.45) is 5.92 Å². The number of urea groups is 1. The highest BCUT2D eigenvalue weighted by Gasteiger charge is 2.31. The molecule has 2 aromatic rings. The zero-order valence-corrected chi connectivity index (χ0v) is 17.8. The lowest BCUT2D eigenvalue weighted by molar-refractivity contribution is -0.126. The zero-order chi connectivity index (χ0) is 21.5. The van der Waals surface area contributed by atoms with Crippen LogP contribution < -0.4 is 10.1 Å². The summed E-state index contributed by atoms with van der Waals surface area (Å²) in [7, 11) is 0. The Morgan fingerprint density at radius 2 is 1.87 bits per heavy atom. The van der Waals surface area contributed by atoms with Crippen LogP contribution in [0.4, 0.5) is 4.79 Å². The van der Waals surface area contributed by atoms with Gasteiger partial charge in [-0.25, -0.2) is 4.79 Å². The minimum absolute atomic E-state index is 0.0127. The minimum Gasteiger partial charge on any atom is -0.487 e. The first-order valence-corrected chi connectivity index (χ1v) is 11.1. The lowest BCUT2D eigenvalue weighted by Crippen LogP contribution is -2.49. The maximum absolute atomic E-state index is 12.8. The molecule has 0 spiro atoms. The van der Waals surface area contributed by atoms with Crippen LogP contribution in [0.25, 0.3) is 0 Å². The number of aromatic nitrogens is 1. The van der Waals surface area contributed by atoms with Gasteiger partial charge >= 0.3 is 6.03 Å². The van der Waals surface area contributed by atoms with Gasteiger partial charge < -0.3 is 19.9 Å². The molecule has 2 fully saturated rings. The number of likely N-dealkylation sites (tertiary alicyclic amines) is 2. The van der Waals surface area contributed by atoms with Crippen LogP contribution in [0.1, 0.15) is 36.9 Å². The van der Waals surface area contributed by atoms with Gasteiger partial charge in [-0.2, -0.15) is 0 Å². The van der Waals surface area contributed by atoms with E-state index in [9.17, 15) is 9.59 Å². The predicted molar refractivity (Wildman–Crippen MR) is 117 cm³/mol. The highest BCUT2D eigenvalue weighted by atomic mass is 16.5. The van der Waals surface area contributed by atoms with E-state index in [4.69, 9.17) is 4.74 Å². The number of carbonyl (C=O) groups is 2. The number of nitrogens with one attached hydrogen (secondary N) is 1. The standard InChI is InChI=1S/C24H30N4O3/c29-23(20-8-6-14-28(17-20)24(30)27-12-3-4-13-27)26-16-19-7-5-10-22(15-19)31-18-21-9-1-2-11-25-21/h1-2,5,7,9-11,15,20H,3-4,6,8,12-14,16-18H2,(H,26,29). The fraction of sp³-hybridized carbons (Fsp3) is 0.458. The van der Waals surface area contributed by atoms with E-state index in [1.807, 2.05) is 52.3 Å². The SMILES string of the molecule is O=C(NCc1cccc(OCc2ccccn2)c1)C1CCCN(C(=O)N2CCCC2)C1. The van der Waals surface area contributed by atoms with E-state index < -0.39 is 0 Å². The Morgan fingerprint density at radius 3 is 2.68 bits per heavy atom. The molecule has 0 aliphatic carbocycles. The van der Waals surface area contributed by atoms with Gasteiger partial charge in [0.1, 0.15) is 12.4 Å². The van der Waals surface area contributed by atoms with Crippen molar-refractivity contribution in [1.82, 2.24) is 20.1 Å². The molecule has 1 atom stereocenters. The third-order valence-electron chi connectivity index (χ3n) is 5.92. The van der Waals surface area contributed by atoms with Crippen LogP contribution in [0, 0.1) is 5.92 Å². The second-order valence-corrected chi connectivity index (χ2v) is 8.24. The van der Waals surface area contributed by atoms with Crippen molar-refractivity contribution >= 4 is 11.9 Å². The van der Waals surface area contributed by atoms with Crippen molar-refractivity contribution in [3.63, 3.8) is 0 Å². The average molecular weight is 423 g/mol. The molecule has 7 heteroatoms. The molecule has 1 aromatic heterocycles. The number of ether oxygens (including phenoxy) is 1. The average Bonchev–Trinajstić information content (AvgIpc) is 3.37. The van der Waals surface area contributed by atoms with E-state index in [0.717, 1.165) is 62.3 Å². The van der Waals surface area contributed by atoms with Gasteiger partial charge in [-0.1, -0.05) is 18.2 Å². The molecule has 0 bridgehead atoms. The summed E-state index contributed by atoms with van der Waals surface area (Å²) in [5, 5.41) is 3.04. The molecular weight excluding hydrogens is 392 g/mol. The van der Waals surface area contributed by atoms with E-state index in [1.165, 1.54) is 0 Å². The first kappa shape index (κ1) is 21.2. The molecule has 1 N–H and O–H groups in total. The summed E-state index contributed by atoms with van der Waals surface area (Å²) in [4.78, 5) is 33.4. The first-order valence-electron chi connectivity index (χ1n) is 11.1. The minimum atomic E-state index is -0.149. The molecule has 1 aromatic carbocycles. The second kappa shape index (κ2) is 10.3. The van der Waals surface area contributed by atoms with Gasteiger partial charge in [0.25, 0.3) is 0 Å². The van der Waals surface area contributed by atoms with Gasteiger partial charge in [0.05, 0.1) is 11.6 Å². The van der Waals surface area contributed by atoms with Gasteiger partial charge in [0, 0.05) is 38.9 Å². The third-order valence-corrected chi connectivity index (χ3v) is 5.92. The van der Waals surface area contributed by atoms with Crippen molar-refractivity contribution in [1.29, 1.82) is 0 Å². The molecule has 2 aliphatic rings. The largest absolute Gasteiger partial charge is 0.487 e. The summed E-state index contributed by atoms with van der Waals surface area (Å²) in [6.07, 6.45) is 5.59. The number of benzene rings is 1. The van der Waals surface area contributed by atoms with Gasteiger partial charge in [-0.15, -0.1) is 0 Å². The lowest BCUT2D eigenvalue weighted by atomic mass is 9.97. The molecule has 31 heavy (non-hydrogen) atoms. The lowest BCUT2D eigenvalue weighted by Gasteiger charge is -2.34. The topological polar surface area (TPSA) is 74.8 Å². The molecule has 2 aliphatic heterocycles. The number of pyridine rings is 1. The molecule has 3 heterocycles. The van der Waals surface area contributed by atoms with Gasteiger partial charge in [0.15, 0.2) is 0 Å². The quantitative estimate of drug-likeness (QED) is 0.776. The number of nitrogens with zero attached hydrogens (tertiary/aromatic N) is 3. The summed E-state index contributed by atoms with van der Waals surface area (Å²) in [6.45, 7) is 3.77. The Labute approximate surface area is 183 Å². The normalized spacial score (nSPS) is 18.6. The second-order valence-electron chi connectivity index (χ2n) is 8.24. The van der Waals surface area contributed by atoms with Gasteiger partial charge in [-0.05, 0) is 55.5 Å². The summed E-state index contributed by atoms with van der Waals surface area (Å²) in [5.74, 6) is 0.611. The van der Waals surface area contributed by atoms with E-state index in [0.29, 0.717) is 19.7 Å². The molecule has 0 radical (unpaired) electrons. The van der Waals surface area contributed by atoms with Crippen molar-refractivity contribution in [2.75, 3.05) is 26.2 Å². The van der Waals surface area contributed by atoms with Crippen LogP contribution in [0.2, 0.25) is 0 Å². The van der Waals surface area contributed by atoms with Crippen molar-refractivity contribution in [3.05, 3.63) is 59.9 Å². The van der Waals surface area contributed by atoms with Crippen LogP contribution in [0.5, 0.6) is 5.75 Å². The number of rotatable bonds is 6. The third kappa shape index (κ3) is 5.75. The maximum atomic E-state index is 12.8. The van der Waals surface area contributed by atoms with Crippen LogP contribution in [0.15, 0.2) is 48.7 Å². The van der Waals surface area contributed by atoms with Gasteiger partial charge in [0.2, 0.25) is 5.91 Å². The number of piperidine rings is 1. The van der Waals surface area contributed by atoms with Crippen LogP contribution in [0.3, 0.4) is 0 Å². The smallest absolute Gasteiger partial charge is 0.320 e. The molecule has 2 saturated heterocycles. The maximum Gasteiger partial charge on any atom is 0.320 e. The Balaban J connectivity index is 1.26. The molecular formula is C24H30N4O3. The Kier molecular flexibility index (Phi) is 7.02. The monoisotopic (exact) mass is 422 g/mol. The van der Waals surface area contributed by atoms with E-state index in [1.54, 1.807) is 6.20 Å². The number of hydrogen-bond acceptors (Lipinski definition) is 4. The van der Waals surface area contributed by atoms with E-state index in [-0.39, 0.29) is 17.9 Å². The van der Waals surface area contributed by atoms with Crippen LogP contribution in [-0.2, 0) is 17.9 Å². The summed E-state index contributed by atoms with van der Waals surface area (Å²) in [6, 6.07) is 13.6. The van der Waals surface area contributed by atoms with Crippen molar-refractivity contribution < 1.29 is 14.3 Å². The summed E-state index contributed by atoms with van der Waals surface area (Å²) >= 11 is 0. The Bertz CT molecular complexity index is 883. The van der Waals surface area contributed by atoms with Crippen molar-refractivity contribution in [3.8, 4) is 5.75 Å². The number of carbonyl (C=O) groups excluding carboxylic acids is 2. The molecule has 0 saturated carbocycles. The van der Waals surface area contributed by atoms with Crippen LogP contribution >= 0.6 is 0 Å². The number of amides is 3. The molecule has 4 rings (SSSR count). The van der Waals surface area contributed by atoms with Crippen molar-refractivity contribution in [2.45, 2.75) is 38.8 Å². The summed E-state index contributed by atoms with van der Waals surface area (Å²) < 4.78 is 5.82. The fourth-order valence-electron chi connectivity index (χ4n) is 4.19.